The highest BCUT2D eigenvalue weighted by molar-refractivity contribution is 7.14. The Morgan fingerprint density at radius 1 is 1.14 bits per heavy atom. The predicted octanol–water partition coefficient (Wildman–Crippen LogP) is 5.01. The van der Waals surface area contributed by atoms with Crippen molar-refractivity contribution < 1.29 is 0 Å². The van der Waals surface area contributed by atoms with Crippen LogP contribution in [-0.2, 0) is 6.42 Å². The van der Waals surface area contributed by atoms with Crippen LogP contribution in [0.3, 0.4) is 0 Å². The Morgan fingerprint density at radius 2 is 1.91 bits per heavy atom. The molecule has 3 N–H and O–H groups in total. The molecule has 0 fully saturated rings. The second-order valence-electron chi connectivity index (χ2n) is 5.29. The molecule has 0 bridgehead atoms. The Kier molecular flexibility index (Phi) is 4.11. The van der Waals surface area contributed by atoms with Crippen molar-refractivity contribution in [2.45, 2.75) is 20.3 Å². The van der Waals surface area contributed by atoms with Crippen LogP contribution in [0.2, 0.25) is 0 Å². The fourth-order valence-corrected chi connectivity index (χ4v) is 3.05. The summed E-state index contributed by atoms with van der Waals surface area (Å²) in [4.78, 5) is 4.67. The van der Waals surface area contributed by atoms with Crippen LogP contribution in [0.5, 0.6) is 0 Å². The summed E-state index contributed by atoms with van der Waals surface area (Å²) in [5.74, 6) is 0. The van der Waals surface area contributed by atoms with Gasteiger partial charge in [0, 0.05) is 22.3 Å². The average Bonchev–Trinajstić information content (AvgIpc) is 2.99. The number of rotatable bonds is 4. The standard InChI is InChI=1S/C18H19N3S/c1-3-13-4-6-14(7-5-13)17-11-22-18(21-17)20-16-9-8-15(19)10-12(16)2/h4-11H,3,19H2,1-2H3,(H,20,21). The molecule has 0 aliphatic rings. The number of hydrogen-bond acceptors (Lipinski definition) is 4. The van der Waals surface area contributed by atoms with Crippen LogP contribution in [0.1, 0.15) is 18.1 Å². The van der Waals surface area contributed by atoms with Gasteiger partial charge in [-0.25, -0.2) is 4.98 Å². The van der Waals surface area contributed by atoms with Crippen molar-refractivity contribution in [3.63, 3.8) is 0 Å². The smallest absolute Gasteiger partial charge is 0.187 e. The van der Waals surface area contributed by atoms with Gasteiger partial charge in [-0.3, -0.25) is 0 Å². The quantitative estimate of drug-likeness (QED) is 0.666. The minimum absolute atomic E-state index is 0.777. The second kappa shape index (κ2) is 6.20. The molecule has 3 rings (SSSR count). The third kappa shape index (κ3) is 3.12. The Morgan fingerprint density at radius 3 is 2.59 bits per heavy atom. The van der Waals surface area contributed by atoms with Crippen LogP contribution < -0.4 is 11.1 Å². The molecule has 0 amide bonds. The topological polar surface area (TPSA) is 50.9 Å². The Hall–Kier alpha value is -2.33. The minimum Gasteiger partial charge on any atom is -0.399 e. The number of nitrogens with two attached hydrogens (primary N) is 1. The van der Waals surface area contributed by atoms with Gasteiger partial charge in [0.05, 0.1) is 5.69 Å². The van der Waals surface area contributed by atoms with Crippen molar-refractivity contribution in [1.82, 2.24) is 4.98 Å². The normalized spacial score (nSPS) is 10.6. The molecule has 0 aliphatic carbocycles. The van der Waals surface area contributed by atoms with E-state index in [-0.39, 0.29) is 0 Å². The molecule has 3 aromatic rings. The third-order valence-corrected chi connectivity index (χ3v) is 4.41. The Bertz CT molecular complexity index is 775. The van der Waals surface area contributed by atoms with Gasteiger partial charge in [0.15, 0.2) is 5.13 Å². The van der Waals surface area contributed by atoms with E-state index in [9.17, 15) is 0 Å². The largest absolute Gasteiger partial charge is 0.399 e. The number of thiazole rings is 1. The molecule has 22 heavy (non-hydrogen) atoms. The molecular formula is C18H19N3S. The first-order chi connectivity index (χ1) is 10.7. The van der Waals surface area contributed by atoms with Crippen molar-refractivity contribution >= 4 is 27.8 Å². The highest BCUT2D eigenvalue weighted by Crippen LogP contribution is 2.29. The number of aryl methyl sites for hydroxylation is 2. The lowest BCUT2D eigenvalue weighted by molar-refractivity contribution is 1.14. The van der Waals surface area contributed by atoms with E-state index in [0.29, 0.717) is 0 Å². The monoisotopic (exact) mass is 309 g/mol. The van der Waals surface area contributed by atoms with Gasteiger partial charge >= 0.3 is 0 Å². The van der Waals surface area contributed by atoms with E-state index < -0.39 is 0 Å². The van der Waals surface area contributed by atoms with Crippen molar-refractivity contribution in [1.29, 1.82) is 0 Å². The van der Waals surface area contributed by atoms with E-state index in [0.717, 1.165) is 39.7 Å². The molecule has 0 atom stereocenters. The molecule has 1 heterocycles. The van der Waals surface area contributed by atoms with Crippen LogP contribution in [0, 0.1) is 6.92 Å². The molecule has 0 saturated carbocycles. The number of benzene rings is 2. The van der Waals surface area contributed by atoms with Gasteiger partial charge in [-0.05, 0) is 42.7 Å². The van der Waals surface area contributed by atoms with E-state index >= 15 is 0 Å². The average molecular weight is 309 g/mol. The van der Waals surface area contributed by atoms with Gasteiger partial charge in [-0.15, -0.1) is 11.3 Å². The lowest BCUT2D eigenvalue weighted by Gasteiger charge is -2.07. The van der Waals surface area contributed by atoms with Gasteiger partial charge in [-0.1, -0.05) is 31.2 Å². The van der Waals surface area contributed by atoms with E-state index in [1.807, 2.05) is 25.1 Å². The molecule has 0 saturated heterocycles. The van der Waals surface area contributed by atoms with E-state index in [1.54, 1.807) is 11.3 Å². The van der Waals surface area contributed by atoms with E-state index in [1.165, 1.54) is 5.56 Å². The summed E-state index contributed by atoms with van der Waals surface area (Å²) in [6, 6.07) is 14.4. The van der Waals surface area contributed by atoms with Gasteiger partial charge < -0.3 is 11.1 Å². The first kappa shape index (κ1) is 14.6. The van der Waals surface area contributed by atoms with Gasteiger partial charge in [0.1, 0.15) is 0 Å². The van der Waals surface area contributed by atoms with Gasteiger partial charge in [0.2, 0.25) is 0 Å². The summed E-state index contributed by atoms with van der Waals surface area (Å²) < 4.78 is 0. The summed E-state index contributed by atoms with van der Waals surface area (Å²) in [5.41, 5.74) is 12.2. The number of anilines is 3. The molecule has 0 aliphatic heterocycles. The molecule has 0 unspecified atom stereocenters. The zero-order chi connectivity index (χ0) is 15.5. The maximum Gasteiger partial charge on any atom is 0.187 e. The van der Waals surface area contributed by atoms with Crippen molar-refractivity contribution in [2.24, 2.45) is 0 Å². The van der Waals surface area contributed by atoms with Crippen molar-refractivity contribution in [3.8, 4) is 11.3 Å². The number of nitrogens with zero attached hydrogens (tertiary/aromatic N) is 1. The maximum absolute atomic E-state index is 5.78. The lowest BCUT2D eigenvalue weighted by atomic mass is 10.1. The summed E-state index contributed by atoms with van der Waals surface area (Å²) >= 11 is 1.61. The highest BCUT2D eigenvalue weighted by atomic mass is 32.1. The minimum atomic E-state index is 0.777. The summed E-state index contributed by atoms with van der Waals surface area (Å²) in [5, 5.41) is 6.33. The molecule has 3 nitrogen and oxygen atoms in total. The van der Waals surface area contributed by atoms with Gasteiger partial charge in [-0.2, -0.15) is 0 Å². The SMILES string of the molecule is CCc1ccc(-c2csc(Nc3ccc(N)cc3C)n2)cc1. The van der Waals surface area contributed by atoms with Crippen LogP contribution in [0.15, 0.2) is 47.8 Å². The number of hydrogen-bond donors (Lipinski definition) is 2. The molecule has 112 valence electrons. The molecule has 2 aromatic carbocycles. The Labute approximate surface area is 134 Å². The predicted molar refractivity (Wildman–Crippen MR) is 95.8 cm³/mol. The maximum atomic E-state index is 5.78. The fraction of sp³-hybridized carbons (Fsp3) is 0.167. The summed E-state index contributed by atoms with van der Waals surface area (Å²) in [6.07, 6.45) is 1.06. The first-order valence-corrected chi connectivity index (χ1v) is 8.21. The molecule has 0 radical (unpaired) electrons. The summed E-state index contributed by atoms with van der Waals surface area (Å²) in [6.45, 7) is 4.20. The molecule has 1 aromatic heterocycles. The zero-order valence-corrected chi connectivity index (χ0v) is 13.6. The molecular weight excluding hydrogens is 290 g/mol. The highest BCUT2D eigenvalue weighted by Gasteiger charge is 2.06. The van der Waals surface area contributed by atoms with Crippen LogP contribution in [0.25, 0.3) is 11.3 Å². The number of nitrogens with one attached hydrogen (secondary N) is 1. The van der Waals surface area contributed by atoms with Crippen molar-refractivity contribution in [2.75, 3.05) is 11.1 Å². The van der Waals surface area contributed by atoms with Crippen LogP contribution in [-0.4, -0.2) is 4.98 Å². The van der Waals surface area contributed by atoms with Crippen LogP contribution >= 0.6 is 11.3 Å². The van der Waals surface area contributed by atoms with Crippen LogP contribution in [0.4, 0.5) is 16.5 Å². The lowest BCUT2D eigenvalue weighted by Crippen LogP contribution is -1.94. The van der Waals surface area contributed by atoms with E-state index in [4.69, 9.17) is 5.73 Å². The molecule has 0 spiro atoms. The van der Waals surface area contributed by atoms with Crippen molar-refractivity contribution in [3.05, 3.63) is 59.0 Å². The molecule has 4 heteroatoms. The number of nitrogen functional groups attached to an aromatic ring is 1. The van der Waals surface area contributed by atoms with E-state index in [2.05, 4.69) is 46.9 Å². The first-order valence-electron chi connectivity index (χ1n) is 7.33. The second-order valence-corrected chi connectivity index (χ2v) is 6.15. The Balaban J connectivity index is 1.81. The number of aromatic nitrogens is 1. The zero-order valence-electron chi connectivity index (χ0n) is 12.8. The fourth-order valence-electron chi connectivity index (χ4n) is 2.32. The summed E-state index contributed by atoms with van der Waals surface area (Å²) in [7, 11) is 0. The van der Waals surface area contributed by atoms with Gasteiger partial charge in [0.25, 0.3) is 0 Å². The third-order valence-electron chi connectivity index (χ3n) is 3.65.